The maximum atomic E-state index is 3.48. The molecule has 0 fully saturated rings. The molecule has 0 saturated carbocycles. The van der Waals surface area contributed by atoms with Gasteiger partial charge in [0, 0.05) is 39.1 Å². The Balaban J connectivity index is 2.24. The molecule has 0 spiro atoms. The van der Waals surface area contributed by atoms with E-state index in [2.05, 4.69) is 41.8 Å². The molecule has 2 nitrogen and oxygen atoms in total. The number of hydrogen-bond acceptors (Lipinski definition) is 0. The van der Waals surface area contributed by atoms with E-state index >= 15 is 0 Å². The summed E-state index contributed by atoms with van der Waals surface area (Å²) in [5.74, 6) is 0. The van der Waals surface area contributed by atoms with E-state index in [0.717, 1.165) is 15.4 Å². The fraction of sp³-hybridized carbons (Fsp3) is 0.111. The van der Waals surface area contributed by atoms with Crippen molar-refractivity contribution in [1.29, 1.82) is 0 Å². The zero-order valence-corrected chi connectivity index (χ0v) is 9.94. The van der Waals surface area contributed by atoms with Crippen molar-refractivity contribution in [3.63, 3.8) is 0 Å². The molecule has 0 saturated heterocycles. The normalized spacial score (nSPS) is 10.6. The Morgan fingerprint density at radius 3 is 1.69 bits per heavy atom. The van der Waals surface area contributed by atoms with Gasteiger partial charge in [-0.2, -0.15) is 0 Å². The van der Waals surface area contributed by atoms with Crippen LogP contribution in [0.3, 0.4) is 0 Å². The molecule has 2 N–H and O–H groups in total. The third-order valence-corrected chi connectivity index (χ3v) is 3.39. The number of nitrogens with one attached hydrogen (secondary N) is 2. The molecule has 0 aromatic carbocycles. The number of hydrogen-bond donors (Lipinski definition) is 2. The summed E-state index contributed by atoms with van der Waals surface area (Å²) in [6.07, 6.45) is 4.73. The Labute approximate surface area is 93.0 Å². The van der Waals surface area contributed by atoms with Crippen LogP contribution >= 0.6 is 31.9 Å². The van der Waals surface area contributed by atoms with Crippen molar-refractivity contribution in [3.8, 4) is 0 Å². The van der Waals surface area contributed by atoms with Crippen LogP contribution < -0.4 is 0 Å². The van der Waals surface area contributed by atoms with Crippen LogP contribution in [0.15, 0.2) is 33.5 Å². The third kappa shape index (κ3) is 1.89. The van der Waals surface area contributed by atoms with Crippen LogP contribution in [0, 0.1) is 0 Å². The van der Waals surface area contributed by atoms with E-state index in [-0.39, 0.29) is 0 Å². The van der Waals surface area contributed by atoms with Crippen molar-refractivity contribution >= 4 is 31.9 Å². The second kappa shape index (κ2) is 3.72. The van der Waals surface area contributed by atoms with Crippen LogP contribution in [-0.4, -0.2) is 9.97 Å². The molecule has 4 heteroatoms. The SMILES string of the molecule is Brc1cc[nH]c1Cc1[nH]ccc1Br. The van der Waals surface area contributed by atoms with Crippen LogP contribution in [0.1, 0.15) is 11.4 Å². The highest BCUT2D eigenvalue weighted by Gasteiger charge is 2.05. The van der Waals surface area contributed by atoms with Crippen molar-refractivity contribution in [2.75, 3.05) is 0 Å². The monoisotopic (exact) mass is 302 g/mol. The van der Waals surface area contributed by atoms with Crippen LogP contribution in [0.4, 0.5) is 0 Å². The number of aromatic amines is 2. The highest BCUT2D eigenvalue weighted by molar-refractivity contribution is 9.10. The first-order valence-corrected chi connectivity index (χ1v) is 5.49. The standard InChI is InChI=1S/C9H8Br2N2/c10-6-1-3-12-8(6)5-9-7(11)2-4-13-9/h1-4,12-13H,5H2. The Morgan fingerprint density at radius 1 is 0.923 bits per heavy atom. The third-order valence-electron chi connectivity index (χ3n) is 1.90. The summed E-state index contributed by atoms with van der Waals surface area (Å²) in [5.41, 5.74) is 2.37. The highest BCUT2D eigenvalue weighted by atomic mass is 79.9. The highest BCUT2D eigenvalue weighted by Crippen LogP contribution is 2.22. The van der Waals surface area contributed by atoms with Gasteiger partial charge in [-0.1, -0.05) is 0 Å². The van der Waals surface area contributed by atoms with Gasteiger partial charge in [-0.15, -0.1) is 0 Å². The second-order valence-corrected chi connectivity index (χ2v) is 4.49. The summed E-state index contributed by atoms with van der Waals surface area (Å²) in [6, 6.07) is 4.01. The molecule has 68 valence electrons. The molecule has 0 amide bonds. The largest absolute Gasteiger partial charge is 0.364 e. The molecule has 0 unspecified atom stereocenters. The zero-order chi connectivity index (χ0) is 9.26. The number of H-pyrrole nitrogens is 2. The van der Waals surface area contributed by atoms with Gasteiger partial charge in [-0.3, -0.25) is 0 Å². The minimum atomic E-state index is 0.876. The molecular weight excluding hydrogens is 296 g/mol. The predicted octanol–water partition coefficient (Wildman–Crippen LogP) is 3.46. The molecule has 0 aliphatic heterocycles. The smallest absolute Gasteiger partial charge is 0.0386 e. The fourth-order valence-corrected chi connectivity index (χ4v) is 1.99. The molecule has 0 bridgehead atoms. The molecule has 2 aromatic rings. The lowest BCUT2D eigenvalue weighted by Gasteiger charge is -1.98. The van der Waals surface area contributed by atoms with Crippen molar-refractivity contribution in [3.05, 3.63) is 44.9 Å². The van der Waals surface area contributed by atoms with E-state index in [9.17, 15) is 0 Å². The maximum Gasteiger partial charge on any atom is 0.0386 e. The summed E-state index contributed by atoms with van der Waals surface area (Å²) >= 11 is 6.95. The second-order valence-electron chi connectivity index (χ2n) is 2.79. The Morgan fingerprint density at radius 2 is 1.38 bits per heavy atom. The van der Waals surface area contributed by atoms with Gasteiger partial charge >= 0.3 is 0 Å². The first-order chi connectivity index (χ1) is 6.27. The van der Waals surface area contributed by atoms with E-state index in [4.69, 9.17) is 0 Å². The number of rotatable bonds is 2. The van der Waals surface area contributed by atoms with Crippen LogP contribution in [0.2, 0.25) is 0 Å². The van der Waals surface area contributed by atoms with Crippen molar-refractivity contribution in [2.24, 2.45) is 0 Å². The van der Waals surface area contributed by atoms with Gasteiger partial charge in [0.15, 0.2) is 0 Å². The van der Waals surface area contributed by atoms with E-state index in [1.807, 2.05) is 24.5 Å². The van der Waals surface area contributed by atoms with Gasteiger partial charge in [0.25, 0.3) is 0 Å². The average molecular weight is 304 g/mol. The lowest BCUT2D eigenvalue weighted by molar-refractivity contribution is 1.04. The average Bonchev–Trinajstić information content (AvgIpc) is 2.65. The molecule has 2 heterocycles. The molecule has 0 aliphatic rings. The minimum Gasteiger partial charge on any atom is -0.364 e. The molecule has 0 aliphatic carbocycles. The minimum absolute atomic E-state index is 0.876. The van der Waals surface area contributed by atoms with Crippen molar-refractivity contribution < 1.29 is 0 Å². The Bertz CT molecular complexity index is 365. The van der Waals surface area contributed by atoms with Crippen LogP contribution in [0.5, 0.6) is 0 Å². The Hall–Kier alpha value is -0.480. The lowest BCUT2D eigenvalue weighted by atomic mass is 10.2. The van der Waals surface area contributed by atoms with E-state index in [1.54, 1.807) is 0 Å². The van der Waals surface area contributed by atoms with Gasteiger partial charge in [0.1, 0.15) is 0 Å². The molecule has 13 heavy (non-hydrogen) atoms. The summed E-state index contributed by atoms with van der Waals surface area (Å²) in [6.45, 7) is 0. The number of halogens is 2. The summed E-state index contributed by atoms with van der Waals surface area (Å²) in [4.78, 5) is 6.37. The van der Waals surface area contributed by atoms with Gasteiger partial charge in [-0.05, 0) is 44.0 Å². The Kier molecular flexibility index (Phi) is 2.60. The van der Waals surface area contributed by atoms with E-state index < -0.39 is 0 Å². The first kappa shape index (κ1) is 9.09. The number of aromatic nitrogens is 2. The maximum absolute atomic E-state index is 3.48. The summed E-state index contributed by atoms with van der Waals surface area (Å²) in [7, 11) is 0. The van der Waals surface area contributed by atoms with Gasteiger partial charge < -0.3 is 9.97 Å². The molecule has 2 rings (SSSR count). The van der Waals surface area contributed by atoms with Gasteiger partial charge in [0.2, 0.25) is 0 Å². The summed E-state index contributed by atoms with van der Waals surface area (Å²) < 4.78 is 2.24. The molecular formula is C9H8Br2N2. The first-order valence-electron chi connectivity index (χ1n) is 3.91. The zero-order valence-electron chi connectivity index (χ0n) is 6.77. The predicted molar refractivity (Wildman–Crippen MR) is 59.8 cm³/mol. The topological polar surface area (TPSA) is 31.6 Å². The summed E-state index contributed by atoms with van der Waals surface area (Å²) in [5, 5.41) is 0. The van der Waals surface area contributed by atoms with E-state index in [1.165, 1.54) is 11.4 Å². The lowest BCUT2D eigenvalue weighted by Crippen LogP contribution is -1.89. The van der Waals surface area contributed by atoms with Crippen molar-refractivity contribution in [1.82, 2.24) is 9.97 Å². The molecule has 0 atom stereocenters. The quantitative estimate of drug-likeness (QED) is 0.851. The van der Waals surface area contributed by atoms with Gasteiger partial charge in [0.05, 0.1) is 0 Å². The van der Waals surface area contributed by atoms with E-state index in [0.29, 0.717) is 0 Å². The van der Waals surface area contributed by atoms with Crippen molar-refractivity contribution in [2.45, 2.75) is 6.42 Å². The molecule has 0 radical (unpaired) electrons. The fourth-order valence-electron chi connectivity index (χ4n) is 1.22. The van der Waals surface area contributed by atoms with Crippen LogP contribution in [0.25, 0.3) is 0 Å². The molecule has 2 aromatic heterocycles. The van der Waals surface area contributed by atoms with Crippen LogP contribution in [-0.2, 0) is 6.42 Å². The van der Waals surface area contributed by atoms with Gasteiger partial charge in [-0.25, -0.2) is 0 Å².